The van der Waals surface area contributed by atoms with Crippen LogP contribution >= 0.6 is 0 Å². The number of rotatable bonds is 6. The van der Waals surface area contributed by atoms with E-state index in [1.54, 1.807) is 20.8 Å². The minimum Gasteiger partial charge on any atom is -0.491 e. The van der Waals surface area contributed by atoms with Gasteiger partial charge in [0.15, 0.2) is 0 Å². The Morgan fingerprint density at radius 2 is 2.03 bits per heavy atom. The normalized spacial score (nSPS) is 17.2. The predicted octanol–water partition coefficient (Wildman–Crippen LogP) is 3.98. The smallest absolute Gasteiger partial charge is 0.416 e. The van der Waals surface area contributed by atoms with Crippen LogP contribution in [0.15, 0.2) is 18.2 Å². The van der Waals surface area contributed by atoms with Crippen LogP contribution in [-0.4, -0.2) is 42.7 Å². The first kappa shape index (κ1) is 22.8. The number of hydrogen-bond acceptors (Lipinski definition) is 4. The van der Waals surface area contributed by atoms with Crippen molar-refractivity contribution in [1.82, 2.24) is 10.2 Å². The molecular formula is C20H27F3N2O4. The van der Waals surface area contributed by atoms with E-state index in [1.807, 2.05) is 0 Å². The van der Waals surface area contributed by atoms with Gasteiger partial charge in [0.05, 0.1) is 24.2 Å². The van der Waals surface area contributed by atoms with Gasteiger partial charge in [0.1, 0.15) is 5.75 Å². The van der Waals surface area contributed by atoms with E-state index in [0.717, 1.165) is 6.07 Å². The van der Waals surface area contributed by atoms with E-state index in [1.165, 1.54) is 17.0 Å². The summed E-state index contributed by atoms with van der Waals surface area (Å²) in [6.07, 6.45) is -4.11. The van der Waals surface area contributed by atoms with Crippen molar-refractivity contribution >= 4 is 12.0 Å². The molecule has 1 fully saturated rings. The second-order valence-corrected chi connectivity index (χ2v) is 7.19. The van der Waals surface area contributed by atoms with Crippen LogP contribution in [0.2, 0.25) is 0 Å². The summed E-state index contributed by atoms with van der Waals surface area (Å²) in [4.78, 5) is 25.8. The molecule has 162 valence electrons. The summed E-state index contributed by atoms with van der Waals surface area (Å²) in [5, 5.41) is 2.57. The van der Waals surface area contributed by atoms with E-state index < -0.39 is 23.8 Å². The van der Waals surface area contributed by atoms with E-state index >= 15 is 0 Å². The average molecular weight is 416 g/mol. The molecule has 1 unspecified atom stereocenters. The molecule has 1 atom stereocenters. The lowest BCUT2D eigenvalue weighted by Gasteiger charge is -2.31. The highest BCUT2D eigenvalue weighted by Gasteiger charge is 2.34. The van der Waals surface area contributed by atoms with Gasteiger partial charge in [0.25, 0.3) is 0 Å². The highest BCUT2D eigenvalue weighted by molar-refractivity contribution is 5.80. The number of carbonyl (C=O) groups is 2. The monoisotopic (exact) mass is 416 g/mol. The summed E-state index contributed by atoms with van der Waals surface area (Å²) in [6, 6.07) is 3.72. The second kappa shape index (κ2) is 9.84. The van der Waals surface area contributed by atoms with Crippen molar-refractivity contribution in [3.63, 3.8) is 0 Å². The summed E-state index contributed by atoms with van der Waals surface area (Å²) in [5.74, 6) is -0.736. The van der Waals surface area contributed by atoms with Gasteiger partial charge in [0, 0.05) is 19.6 Å². The highest BCUT2D eigenvalue weighted by Crippen LogP contribution is 2.34. The van der Waals surface area contributed by atoms with Crippen LogP contribution in [0.5, 0.6) is 5.75 Å². The molecule has 0 aliphatic carbocycles. The number of hydrogen-bond donors (Lipinski definition) is 1. The van der Waals surface area contributed by atoms with Crippen LogP contribution < -0.4 is 10.1 Å². The van der Waals surface area contributed by atoms with Gasteiger partial charge in [-0.1, -0.05) is 6.07 Å². The van der Waals surface area contributed by atoms with E-state index in [-0.39, 0.29) is 43.0 Å². The molecule has 0 radical (unpaired) electrons. The first-order valence-electron chi connectivity index (χ1n) is 9.68. The van der Waals surface area contributed by atoms with Crippen molar-refractivity contribution in [1.29, 1.82) is 0 Å². The fourth-order valence-electron chi connectivity index (χ4n) is 3.22. The number of benzene rings is 1. The molecule has 0 spiro atoms. The Kier molecular flexibility index (Phi) is 7.75. The number of ether oxygens (including phenoxy) is 2. The molecule has 29 heavy (non-hydrogen) atoms. The molecule has 1 N–H and O–H groups in total. The molecule has 0 aromatic heterocycles. The number of alkyl halides is 3. The van der Waals surface area contributed by atoms with Crippen molar-refractivity contribution in [2.24, 2.45) is 5.92 Å². The Labute approximate surface area is 168 Å². The summed E-state index contributed by atoms with van der Waals surface area (Å²) < 4.78 is 50.6. The lowest BCUT2D eigenvalue weighted by molar-refractivity contribution is -0.138. The Hall–Kier alpha value is -2.45. The van der Waals surface area contributed by atoms with Gasteiger partial charge in [-0.2, -0.15) is 13.2 Å². The van der Waals surface area contributed by atoms with Crippen LogP contribution in [0.25, 0.3) is 0 Å². The standard InChI is InChI=1S/C20H27F3N2O4/c1-4-28-19(27)25-9-5-6-15(12-25)18(26)24-11-14-7-8-16(29-13(2)3)10-17(14)20(21,22)23/h7-8,10,13,15H,4-6,9,11-12H2,1-3H3,(H,24,26). The Morgan fingerprint density at radius 1 is 1.31 bits per heavy atom. The Balaban J connectivity index is 2.04. The SMILES string of the molecule is CCOC(=O)N1CCCC(C(=O)NCc2ccc(OC(C)C)cc2C(F)(F)F)C1. The van der Waals surface area contributed by atoms with Crippen molar-refractivity contribution in [3.8, 4) is 5.75 Å². The molecule has 1 aliphatic rings. The molecule has 1 aliphatic heterocycles. The number of nitrogens with one attached hydrogen (secondary N) is 1. The fraction of sp³-hybridized carbons (Fsp3) is 0.600. The first-order valence-corrected chi connectivity index (χ1v) is 9.68. The fourth-order valence-corrected chi connectivity index (χ4v) is 3.22. The second-order valence-electron chi connectivity index (χ2n) is 7.19. The largest absolute Gasteiger partial charge is 0.491 e. The zero-order valence-corrected chi connectivity index (χ0v) is 16.8. The Bertz CT molecular complexity index is 722. The highest BCUT2D eigenvalue weighted by atomic mass is 19.4. The summed E-state index contributed by atoms with van der Waals surface area (Å²) in [6.45, 7) is 5.82. The van der Waals surface area contributed by atoms with Crippen LogP contribution in [0.4, 0.5) is 18.0 Å². The van der Waals surface area contributed by atoms with Gasteiger partial charge in [-0.3, -0.25) is 4.79 Å². The maximum Gasteiger partial charge on any atom is 0.416 e. The lowest BCUT2D eigenvalue weighted by Crippen LogP contribution is -2.45. The van der Waals surface area contributed by atoms with Crippen molar-refractivity contribution < 1.29 is 32.2 Å². The zero-order valence-electron chi connectivity index (χ0n) is 16.8. The van der Waals surface area contributed by atoms with Gasteiger partial charge in [-0.25, -0.2) is 4.79 Å². The minimum atomic E-state index is -4.57. The first-order chi connectivity index (χ1) is 13.6. The molecule has 1 heterocycles. The van der Waals surface area contributed by atoms with E-state index in [9.17, 15) is 22.8 Å². The molecule has 0 saturated carbocycles. The number of halogens is 3. The number of carbonyl (C=O) groups excluding carboxylic acids is 2. The van der Waals surface area contributed by atoms with Gasteiger partial charge in [-0.15, -0.1) is 0 Å². The maximum absolute atomic E-state index is 13.4. The topological polar surface area (TPSA) is 67.9 Å². The molecule has 2 rings (SSSR count). The molecule has 1 aromatic rings. The lowest BCUT2D eigenvalue weighted by atomic mass is 9.97. The zero-order chi connectivity index (χ0) is 21.6. The van der Waals surface area contributed by atoms with Gasteiger partial charge < -0.3 is 19.7 Å². The van der Waals surface area contributed by atoms with Crippen molar-refractivity contribution in [2.75, 3.05) is 19.7 Å². The van der Waals surface area contributed by atoms with E-state index in [4.69, 9.17) is 9.47 Å². The van der Waals surface area contributed by atoms with Crippen LogP contribution in [0, 0.1) is 5.92 Å². The summed E-state index contributed by atoms with van der Waals surface area (Å²) in [7, 11) is 0. The number of amides is 2. The Morgan fingerprint density at radius 3 is 2.66 bits per heavy atom. The average Bonchev–Trinajstić information content (AvgIpc) is 2.65. The quantitative estimate of drug-likeness (QED) is 0.762. The van der Waals surface area contributed by atoms with Gasteiger partial charge >= 0.3 is 12.3 Å². The van der Waals surface area contributed by atoms with Crippen LogP contribution in [0.3, 0.4) is 0 Å². The summed E-state index contributed by atoms with van der Waals surface area (Å²) >= 11 is 0. The molecular weight excluding hydrogens is 389 g/mol. The number of piperidine rings is 1. The minimum absolute atomic E-state index is 0.0417. The van der Waals surface area contributed by atoms with Crippen LogP contribution in [0.1, 0.15) is 44.7 Å². The molecule has 6 nitrogen and oxygen atoms in total. The molecule has 9 heteroatoms. The maximum atomic E-state index is 13.4. The number of nitrogens with zero attached hydrogens (tertiary/aromatic N) is 1. The summed E-state index contributed by atoms with van der Waals surface area (Å²) in [5.41, 5.74) is -0.882. The predicted molar refractivity (Wildman–Crippen MR) is 100 cm³/mol. The van der Waals surface area contributed by atoms with Crippen molar-refractivity contribution in [3.05, 3.63) is 29.3 Å². The third-order valence-corrected chi connectivity index (χ3v) is 4.53. The molecule has 0 bridgehead atoms. The molecule has 2 amide bonds. The third-order valence-electron chi connectivity index (χ3n) is 4.53. The van der Waals surface area contributed by atoms with Crippen molar-refractivity contribution in [2.45, 2.75) is 52.4 Å². The van der Waals surface area contributed by atoms with Gasteiger partial charge in [0.2, 0.25) is 5.91 Å². The number of likely N-dealkylation sites (tertiary alicyclic amines) is 1. The van der Waals surface area contributed by atoms with E-state index in [2.05, 4.69) is 5.32 Å². The molecule has 1 saturated heterocycles. The van der Waals surface area contributed by atoms with E-state index in [0.29, 0.717) is 19.4 Å². The molecule has 1 aromatic carbocycles. The van der Waals surface area contributed by atoms with Gasteiger partial charge in [-0.05, 0) is 51.3 Å². The van der Waals surface area contributed by atoms with Crippen LogP contribution in [-0.2, 0) is 22.3 Å². The third kappa shape index (κ3) is 6.54.